The monoisotopic (exact) mass is 322 g/mol. The molecule has 0 radical (unpaired) electrons. The average Bonchev–Trinajstić information content (AvgIpc) is 2.49. The zero-order valence-corrected chi connectivity index (χ0v) is 13.3. The Hall–Kier alpha value is -2.12. The van der Waals surface area contributed by atoms with Gasteiger partial charge in [-0.15, -0.1) is 0 Å². The Kier molecular flexibility index (Phi) is 5.95. The topological polar surface area (TPSA) is 88.1 Å². The molecule has 1 aromatic carbocycles. The Morgan fingerprint density at radius 2 is 2.04 bits per heavy atom. The van der Waals surface area contributed by atoms with E-state index < -0.39 is 5.97 Å². The number of amides is 1. The highest BCUT2D eigenvalue weighted by Gasteiger charge is 2.29. The van der Waals surface area contributed by atoms with Crippen LogP contribution in [0.1, 0.15) is 16.8 Å². The molecule has 1 aliphatic rings. The van der Waals surface area contributed by atoms with E-state index in [9.17, 15) is 9.59 Å². The van der Waals surface area contributed by atoms with E-state index in [0.717, 1.165) is 0 Å². The van der Waals surface area contributed by atoms with E-state index in [2.05, 4.69) is 5.32 Å². The molecule has 1 fully saturated rings. The molecule has 1 heterocycles. The molecule has 2 rings (SSSR count). The number of carbonyl (C=O) groups excluding carboxylic acids is 1. The lowest BCUT2D eigenvalue weighted by atomic mass is 10.1. The number of nitrogens with one attached hydrogen (secondary N) is 1. The zero-order valence-electron chi connectivity index (χ0n) is 13.3. The van der Waals surface area contributed by atoms with Gasteiger partial charge in [-0.3, -0.25) is 4.79 Å². The Balaban J connectivity index is 1.97. The van der Waals surface area contributed by atoms with Crippen molar-refractivity contribution < 1.29 is 24.2 Å². The number of ether oxygens (including phenoxy) is 2. The van der Waals surface area contributed by atoms with Gasteiger partial charge >= 0.3 is 5.97 Å². The van der Waals surface area contributed by atoms with Gasteiger partial charge < -0.3 is 24.8 Å². The van der Waals surface area contributed by atoms with Crippen LogP contribution in [0.2, 0.25) is 0 Å². The minimum Gasteiger partial charge on any atom is -0.486 e. The van der Waals surface area contributed by atoms with Crippen molar-refractivity contribution in [3.8, 4) is 5.75 Å². The molecule has 0 aromatic heterocycles. The predicted molar refractivity (Wildman–Crippen MR) is 83.7 cm³/mol. The molecule has 0 aliphatic carbocycles. The number of hydrogen-bond acceptors (Lipinski definition) is 5. The minimum absolute atomic E-state index is 0.0586. The fourth-order valence-corrected chi connectivity index (χ4v) is 2.38. The summed E-state index contributed by atoms with van der Waals surface area (Å²) in [6.07, 6.45) is 0.377. The Labute approximate surface area is 135 Å². The van der Waals surface area contributed by atoms with Gasteiger partial charge in [0.25, 0.3) is 0 Å². The highest BCUT2D eigenvalue weighted by molar-refractivity contribution is 5.87. The normalized spacial score (nSPS) is 21.0. The standard InChI is InChI=1S/C16H22N2O5/c1-18(2)9-15(19)17-13-7-8-22-10-14(13)23-12-5-3-11(4-6-12)16(20)21/h3-6,13-14H,7-10H2,1-2H3,(H,17,19)(H,20,21). The molecule has 1 aliphatic heterocycles. The van der Waals surface area contributed by atoms with Gasteiger partial charge in [0.15, 0.2) is 0 Å². The van der Waals surface area contributed by atoms with Crippen LogP contribution in [-0.4, -0.2) is 67.9 Å². The van der Waals surface area contributed by atoms with Crippen molar-refractivity contribution in [3.63, 3.8) is 0 Å². The summed E-state index contributed by atoms with van der Waals surface area (Å²) in [5.74, 6) is -0.486. The van der Waals surface area contributed by atoms with E-state index in [1.54, 1.807) is 17.0 Å². The van der Waals surface area contributed by atoms with Crippen LogP contribution in [0.25, 0.3) is 0 Å². The first-order valence-corrected chi connectivity index (χ1v) is 7.47. The molecule has 1 saturated heterocycles. The lowest BCUT2D eigenvalue weighted by Gasteiger charge is -2.32. The third kappa shape index (κ3) is 5.22. The second kappa shape index (κ2) is 7.94. The van der Waals surface area contributed by atoms with Crippen LogP contribution < -0.4 is 10.1 Å². The van der Waals surface area contributed by atoms with Gasteiger partial charge in [-0.05, 0) is 44.8 Å². The molecule has 23 heavy (non-hydrogen) atoms. The summed E-state index contributed by atoms with van der Waals surface area (Å²) in [5, 5.41) is 11.9. The Morgan fingerprint density at radius 3 is 2.65 bits per heavy atom. The number of carboxylic acid groups (broad SMARTS) is 1. The molecule has 126 valence electrons. The molecular formula is C16H22N2O5. The van der Waals surface area contributed by atoms with Crippen LogP contribution in [0.15, 0.2) is 24.3 Å². The highest BCUT2D eigenvalue weighted by Crippen LogP contribution is 2.18. The largest absolute Gasteiger partial charge is 0.486 e. The predicted octanol–water partition coefficient (Wildman–Crippen LogP) is 0.599. The van der Waals surface area contributed by atoms with E-state index in [-0.39, 0.29) is 23.6 Å². The lowest BCUT2D eigenvalue weighted by Crippen LogP contribution is -2.52. The number of benzene rings is 1. The second-order valence-electron chi connectivity index (χ2n) is 5.76. The molecule has 1 aromatic rings. The van der Waals surface area contributed by atoms with Crippen molar-refractivity contribution in [2.45, 2.75) is 18.6 Å². The summed E-state index contributed by atoms with van der Waals surface area (Å²) in [7, 11) is 3.67. The van der Waals surface area contributed by atoms with Crippen molar-refractivity contribution in [1.82, 2.24) is 10.2 Å². The first-order valence-electron chi connectivity index (χ1n) is 7.47. The van der Waals surface area contributed by atoms with Crippen LogP contribution in [0.3, 0.4) is 0 Å². The number of likely N-dealkylation sites (N-methyl/N-ethyl adjacent to an activating group) is 1. The van der Waals surface area contributed by atoms with Crippen molar-refractivity contribution in [3.05, 3.63) is 29.8 Å². The van der Waals surface area contributed by atoms with Gasteiger partial charge in [-0.25, -0.2) is 4.79 Å². The highest BCUT2D eigenvalue weighted by atomic mass is 16.5. The van der Waals surface area contributed by atoms with Gasteiger partial charge in [-0.1, -0.05) is 0 Å². The number of hydrogen-bond donors (Lipinski definition) is 2. The van der Waals surface area contributed by atoms with Crippen molar-refractivity contribution in [1.29, 1.82) is 0 Å². The smallest absolute Gasteiger partial charge is 0.335 e. The van der Waals surface area contributed by atoms with Gasteiger partial charge in [-0.2, -0.15) is 0 Å². The van der Waals surface area contributed by atoms with Crippen LogP contribution in [0, 0.1) is 0 Å². The summed E-state index contributed by atoms with van der Waals surface area (Å²) >= 11 is 0. The lowest BCUT2D eigenvalue weighted by molar-refractivity contribution is -0.124. The van der Waals surface area contributed by atoms with Crippen molar-refractivity contribution in [2.24, 2.45) is 0 Å². The molecule has 0 bridgehead atoms. The van der Waals surface area contributed by atoms with E-state index >= 15 is 0 Å². The van der Waals surface area contributed by atoms with Crippen molar-refractivity contribution >= 4 is 11.9 Å². The Morgan fingerprint density at radius 1 is 1.35 bits per heavy atom. The maximum atomic E-state index is 11.9. The molecule has 1 amide bonds. The van der Waals surface area contributed by atoms with Gasteiger partial charge in [0, 0.05) is 6.61 Å². The average molecular weight is 322 g/mol. The van der Waals surface area contributed by atoms with Gasteiger partial charge in [0.05, 0.1) is 24.8 Å². The summed E-state index contributed by atoms with van der Waals surface area (Å²) in [6, 6.07) is 6.06. The minimum atomic E-state index is -0.980. The van der Waals surface area contributed by atoms with Crippen molar-refractivity contribution in [2.75, 3.05) is 33.9 Å². The van der Waals surface area contributed by atoms with E-state index in [0.29, 0.717) is 31.9 Å². The third-order valence-electron chi connectivity index (χ3n) is 3.50. The first kappa shape index (κ1) is 17.2. The number of nitrogens with zero attached hydrogens (tertiary/aromatic N) is 1. The van der Waals surface area contributed by atoms with Gasteiger partial charge in [0.2, 0.25) is 5.91 Å². The molecule has 0 saturated carbocycles. The summed E-state index contributed by atoms with van der Waals surface area (Å²) in [6.45, 7) is 1.27. The van der Waals surface area contributed by atoms with E-state index in [4.69, 9.17) is 14.6 Å². The third-order valence-corrected chi connectivity index (χ3v) is 3.50. The summed E-state index contributed by atoms with van der Waals surface area (Å²) in [5.41, 5.74) is 0.202. The summed E-state index contributed by atoms with van der Waals surface area (Å²) < 4.78 is 11.3. The number of carboxylic acids is 1. The van der Waals surface area contributed by atoms with Crippen LogP contribution in [0.5, 0.6) is 5.75 Å². The molecule has 7 heteroatoms. The molecule has 0 spiro atoms. The molecule has 2 atom stereocenters. The maximum Gasteiger partial charge on any atom is 0.335 e. The van der Waals surface area contributed by atoms with Crippen LogP contribution >= 0.6 is 0 Å². The van der Waals surface area contributed by atoms with E-state index in [1.807, 2.05) is 14.1 Å². The first-order chi connectivity index (χ1) is 11.0. The molecule has 2 unspecified atom stereocenters. The summed E-state index contributed by atoms with van der Waals surface area (Å²) in [4.78, 5) is 24.6. The fourth-order valence-electron chi connectivity index (χ4n) is 2.38. The molecular weight excluding hydrogens is 300 g/mol. The Bertz CT molecular complexity index is 544. The second-order valence-corrected chi connectivity index (χ2v) is 5.76. The number of carbonyl (C=O) groups is 2. The number of rotatable bonds is 6. The zero-order chi connectivity index (χ0) is 16.8. The fraction of sp³-hybridized carbons (Fsp3) is 0.500. The van der Waals surface area contributed by atoms with Crippen LogP contribution in [-0.2, 0) is 9.53 Å². The van der Waals surface area contributed by atoms with E-state index in [1.165, 1.54) is 12.1 Å². The maximum absolute atomic E-state index is 11.9. The van der Waals surface area contributed by atoms with Gasteiger partial charge in [0.1, 0.15) is 11.9 Å². The SMILES string of the molecule is CN(C)CC(=O)NC1CCOCC1Oc1ccc(C(=O)O)cc1. The number of aromatic carboxylic acids is 1. The quantitative estimate of drug-likeness (QED) is 0.797. The molecule has 2 N–H and O–H groups in total. The molecule has 7 nitrogen and oxygen atoms in total. The van der Waals surface area contributed by atoms with Crippen LogP contribution in [0.4, 0.5) is 0 Å².